The first-order chi connectivity index (χ1) is 8.39. The Hall–Kier alpha value is -0.360. The van der Waals surface area contributed by atoms with Gasteiger partial charge in [0.2, 0.25) is 0 Å². The second kappa shape index (κ2) is 8.69. The number of aliphatic hydroxyl groups excluding tert-OH is 6. The van der Waals surface area contributed by atoms with E-state index < -0.39 is 57.3 Å². The summed E-state index contributed by atoms with van der Waals surface area (Å²) in [6, 6.07) is 0. The van der Waals surface area contributed by atoms with Crippen molar-refractivity contribution in [1.29, 1.82) is 0 Å². The molecule has 0 saturated carbocycles. The van der Waals surface area contributed by atoms with Gasteiger partial charge in [0.25, 0.3) is 0 Å². The molecule has 0 bridgehead atoms. The highest BCUT2D eigenvalue weighted by Crippen LogP contribution is 2.16. The Bertz CT molecular complexity index is 198. The molecule has 3 atom stereocenters. The van der Waals surface area contributed by atoms with E-state index in [1.54, 1.807) is 0 Å². The van der Waals surface area contributed by atoms with Crippen LogP contribution in [-0.4, -0.2) is 93.1 Å². The molecule has 110 valence electrons. The normalized spacial score (nSPS) is 20.2. The molecular weight excluding hydrogens is 252 g/mol. The van der Waals surface area contributed by atoms with Crippen LogP contribution in [0.3, 0.4) is 0 Å². The van der Waals surface area contributed by atoms with E-state index in [9.17, 15) is 10.2 Å². The summed E-state index contributed by atoms with van der Waals surface area (Å²) in [6.45, 7) is -3.31. The molecule has 0 rings (SSSR count). The lowest BCUT2D eigenvalue weighted by Crippen LogP contribution is -2.51. The van der Waals surface area contributed by atoms with Crippen LogP contribution >= 0.6 is 0 Å². The van der Waals surface area contributed by atoms with Crippen molar-refractivity contribution in [3.8, 4) is 0 Å². The molecule has 0 heterocycles. The monoisotopic (exact) mass is 272 g/mol. The Balaban J connectivity index is 4.42. The van der Waals surface area contributed by atoms with E-state index in [4.69, 9.17) is 25.5 Å². The summed E-state index contributed by atoms with van der Waals surface area (Å²) in [5.41, 5.74) is 0. The molecule has 0 fully saturated rings. The number of rotatable bonds is 10. The average Bonchev–Trinajstić information content (AvgIpc) is 2.40. The van der Waals surface area contributed by atoms with Gasteiger partial charge in [-0.3, -0.25) is 0 Å². The standard InChI is InChI=1S/C9H20O9/c10-1-6(13)4-17-9(16,8(15)3-12)18-5-7(14)2-11/h6-8,10-16H,1-5H2. The molecule has 0 aromatic heterocycles. The Labute approximate surface area is 103 Å². The Morgan fingerprint density at radius 2 is 1.17 bits per heavy atom. The van der Waals surface area contributed by atoms with Crippen LogP contribution < -0.4 is 0 Å². The van der Waals surface area contributed by atoms with Gasteiger partial charge in [-0.2, -0.15) is 0 Å². The summed E-state index contributed by atoms with van der Waals surface area (Å²) in [5.74, 6) is -2.67. The quantitative estimate of drug-likeness (QED) is 0.195. The minimum atomic E-state index is -2.67. The van der Waals surface area contributed by atoms with E-state index in [1.165, 1.54) is 0 Å². The van der Waals surface area contributed by atoms with Crippen LogP contribution in [0.1, 0.15) is 0 Å². The third-order valence-electron chi connectivity index (χ3n) is 1.98. The first kappa shape index (κ1) is 17.6. The zero-order valence-corrected chi connectivity index (χ0v) is 9.71. The fraction of sp³-hybridized carbons (Fsp3) is 1.00. The van der Waals surface area contributed by atoms with E-state index in [2.05, 4.69) is 9.47 Å². The number of hydrogen-bond donors (Lipinski definition) is 7. The van der Waals surface area contributed by atoms with E-state index >= 15 is 0 Å². The maximum atomic E-state index is 9.73. The molecule has 9 nitrogen and oxygen atoms in total. The summed E-state index contributed by atoms with van der Waals surface area (Å²) in [6.07, 6.45) is -4.48. The largest absolute Gasteiger partial charge is 0.394 e. The van der Waals surface area contributed by atoms with Crippen LogP contribution in [0.4, 0.5) is 0 Å². The van der Waals surface area contributed by atoms with Crippen molar-refractivity contribution in [3.63, 3.8) is 0 Å². The molecule has 3 unspecified atom stereocenters. The van der Waals surface area contributed by atoms with Gasteiger partial charge in [-0.25, -0.2) is 0 Å². The van der Waals surface area contributed by atoms with E-state index in [1.807, 2.05) is 0 Å². The Morgan fingerprint density at radius 1 is 0.778 bits per heavy atom. The SMILES string of the molecule is OCC(O)COC(O)(OCC(O)CO)C(O)CO. The molecule has 0 aliphatic carbocycles. The third kappa shape index (κ3) is 6.00. The summed E-state index contributed by atoms with van der Waals surface area (Å²) in [4.78, 5) is 0. The van der Waals surface area contributed by atoms with Gasteiger partial charge in [0.15, 0.2) is 6.10 Å². The minimum Gasteiger partial charge on any atom is -0.394 e. The van der Waals surface area contributed by atoms with Crippen molar-refractivity contribution in [2.45, 2.75) is 24.3 Å². The van der Waals surface area contributed by atoms with Gasteiger partial charge >= 0.3 is 5.97 Å². The second-order valence-electron chi connectivity index (χ2n) is 3.62. The molecule has 0 aromatic rings. The lowest BCUT2D eigenvalue weighted by molar-refractivity contribution is -0.405. The molecular formula is C9H20O9. The molecule has 9 heteroatoms. The Morgan fingerprint density at radius 3 is 1.44 bits per heavy atom. The predicted molar refractivity (Wildman–Crippen MR) is 56.1 cm³/mol. The number of ether oxygens (including phenoxy) is 2. The summed E-state index contributed by atoms with van der Waals surface area (Å²) in [7, 11) is 0. The Kier molecular flexibility index (Phi) is 8.52. The van der Waals surface area contributed by atoms with Crippen molar-refractivity contribution in [2.75, 3.05) is 33.0 Å². The highest BCUT2D eigenvalue weighted by atomic mass is 16.8. The second-order valence-corrected chi connectivity index (χ2v) is 3.62. The maximum absolute atomic E-state index is 9.73. The smallest absolute Gasteiger partial charge is 0.310 e. The highest BCUT2D eigenvalue weighted by Gasteiger charge is 2.39. The molecule has 0 amide bonds. The summed E-state index contributed by atoms with van der Waals surface area (Å²) < 4.78 is 9.30. The van der Waals surface area contributed by atoms with Gasteiger partial charge in [-0.15, -0.1) is 0 Å². The molecule has 0 radical (unpaired) electrons. The summed E-state index contributed by atoms with van der Waals surface area (Å²) in [5, 5.41) is 62.9. The van der Waals surface area contributed by atoms with Gasteiger partial charge in [-0.1, -0.05) is 0 Å². The van der Waals surface area contributed by atoms with Crippen molar-refractivity contribution in [3.05, 3.63) is 0 Å². The molecule has 0 aromatic carbocycles. The molecule has 18 heavy (non-hydrogen) atoms. The third-order valence-corrected chi connectivity index (χ3v) is 1.98. The fourth-order valence-electron chi connectivity index (χ4n) is 0.886. The van der Waals surface area contributed by atoms with Gasteiger partial charge in [0, 0.05) is 0 Å². The highest BCUT2D eigenvalue weighted by molar-refractivity contribution is 4.69. The van der Waals surface area contributed by atoms with Crippen molar-refractivity contribution >= 4 is 0 Å². The summed E-state index contributed by atoms with van der Waals surface area (Å²) >= 11 is 0. The van der Waals surface area contributed by atoms with Gasteiger partial charge < -0.3 is 45.2 Å². The first-order valence-corrected chi connectivity index (χ1v) is 5.26. The van der Waals surface area contributed by atoms with Gasteiger partial charge in [-0.05, 0) is 0 Å². The van der Waals surface area contributed by atoms with Crippen molar-refractivity contribution in [2.24, 2.45) is 0 Å². The van der Waals surface area contributed by atoms with E-state index in [-0.39, 0.29) is 0 Å². The van der Waals surface area contributed by atoms with Crippen LogP contribution in [0.15, 0.2) is 0 Å². The van der Waals surface area contributed by atoms with Crippen LogP contribution in [0.2, 0.25) is 0 Å². The van der Waals surface area contributed by atoms with Gasteiger partial charge in [0.1, 0.15) is 12.2 Å². The average molecular weight is 272 g/mol. The van der Waals surface area contributed by atoms with E-state index in [0.717, 1.165) is 0 Å². The number of hydrogen-bond acceptors (Lipinski definition) is 9. The molecule has 0 aliphatic rings. The van der Waals surface area contributed by atoms with Crippen LogP contribution in [0.5, 0.6) is 0 Å². The van der Waals surface area contributed by atoms with Gasteiger partial charge in [0.05, 0.1) is 33.0 Å². The molecule has 7 N–H and O–H groups in total. The molecule has 0 saturated heterocycles. The fourth-order valence-corrected chi connectivity index (χ4v) is 0.886. The van der Waals surface area contributed by atoms with Crippen LogP contribution in [0, 0.1) is 0 Å². The lowest BCUT2D eigenvalue weighted by atomic mass is 10.3. The lowest BCUT2D eigenvalue weighted by Gasteiger charge is -2.32. The van der Waals surface area contributed by atoms with Crippen LogP contribution in [0.25, 0.3) is 0 Å². The van der Waals surface area contributed by atoms with Crippen LogP contribution in [-0.2, 0) is 9.47 Å². The first-order valence-electron chi connectivity index (χ1n) is 5.26. The number of aliphatic hydroxyl groups is 7. The minimum absolute atomic E-state index is 0.570. The van der Waals surface area contributed by atoms with E-state index in [0.29, 0.717) is 0 Å². The molecule has 0 aliphatic heterocycles. The zero-order valence-electron chi connectivity index (χ0n) is 9.71. The predicted octanol–water partition coefficient (Wildman–Crippen LogP) is -4.27. The topological polar surface area (TPSA) is 160 Å². The van der Waals surface area contributed by atoms with Crippen molar-refractivity contribution in [1.82, 2.24) is 0 Å². The van der Waals surface area contributed by atoms with Crippen molar-refractivity contribution < 1.29 is 45.2 Å². The maximum Gasteiger partial charge on any atom is 0.310 e. The zero-order chi connectivity index (χ0) is 14.2. The molecule has 0 spiro atoms.